The average molecular weight is 306 g/mol. The smallest absolute Gasteiger partial charge is 0.325 e. The first-order valence-corrected chi connectivity index (χ1v) is 7.70. The summed E-state index contributed by atoms with van der Waals surface area (Å²) in [4.78, 5) is 27.7. The molecule has 0 bridgehead atoms. The van der Waals surface area contributed by atoms with Crippen molar-refractivity contribution in [2.75, 3.05) is 19.6 Å². The van der Waals surface area contributed by atoms with Crippen molar-refractivity contribution < 1.29 is 14.1 Å². The van der Waals surface area contributed by atoms with Gasteiger partial charge in [0.2, 0.25) is 0 Å². The highest BCUT2D eigenvalue weighted by molar-refractivity contribution is 6.06. The van der Waals surface area contributed by atoms with Crippen LogP contribution < -0.4 is 5.32 Å². The Labute approximate surface area is 129 Å². The van der Waals surface area contributed by atoms with E-state index in [4.69, 9.17) is 4.52 Å². The number of likely N-dealkylation sites (tertiary alicyclic amines) is 1. The topological polar surface area (TPSA) is 78.7 Å². The molecule has 1 aromatic heterocycles. The van der Waals surface area contributed by atoms with Crippen molar-refractivity contribution in [1.29, 1.82) is 0 Å². The normalized spacial score (nSPS) is 25.0. The minimum Gasteiger partial charge on any atom is -0.361 e. The third-order valence-electron chi connectivity index (χ3n) is 4.41. The predicted octanol–water partition coefficient (Wildman–Crippen LogP) is 1.45. The number of imide groups is 1. The van der Waals surface area contributed by atoms with Crippen molar-refractivity contribution in [2.45, 2.75) is 45.2 Å². The van der Waals surface area contributed by atoms with Gasteiger partial charge < -0.3 is 9.84 Å². The standard InChI is InChI=1S/C15H22N4O3/c1-10-9-11(17-22-10)12-5-4-6-18(12)7-8-19-13(20)15(2,3)16-14(19)21/h9,12H,4-8H2,1-3H3,(H,16,21)/t12-/m1/s1. The lowest BCUT2D eigenvalue weighted by molar-refractivity contribution is -0.130. The van der Waals surface area contributed by atoms with Crippen LogP contribution in [-0.2, 0) is 4.79 Å². The molecule has 2 aliphatic heterocycles. The zero-order valence-electron chi connectivity index (χ0n) is 13.3. The second-order valence-corrected chi connectivity index (χ2v) is 6.57. The summed E-state index contributed by atoms with van der Waals surface area (Å²) >= 11 is 0. The van der Waals surface area contributed by atoms with E-state index >= 15 is 0 Å². The number of carbonyl (C=O) groups excluding carboxylic acids is 2. The molecule has 2 aliphatic rings. The van der Waals surface area contributed by atoms with Crippen molar-refractivity contribution in [2.24, 2.45) is 0 Å². The van der Waals surface area contributed by atoms with Crippen molar-refractivity contribution in [3.8, 4) is 0 Å². The molecule has 2 fully saturated rings. The number of amides is 3. The molecule has 0 radical (unpaired) electrons. The van der Waals surface area contributed by atoms with E-state index in [1.165, 1.54) is 4.90 Å². The van der Waals surface area contributed by atoms with Crippen LogP contribution in [0.4, 0.5) is 4.79 Å². The third kappa shape index (κ3) is 2.61. The Morgan fingerprint density at radius 2 is 2.18 bits per heavy atom. The Morgan fingerprint density at radius 1 is 1.41 bits per heavy atom. The zero-order chi connectivity index (χ0) is 15.9. The lowest BCUT2D eigenvalue weighted by atomic mass is 10.1. The van der Waals surface area contributed by atoms with Gasteiger partial charge in [0.05, 0.1) is 6.04 Å². The number of aromatic nitrogens is 1. The number of rotatable bonds is 4. The molecular weight excluding hydrogens is 284 g/mol. The number of nitrogens with zero attached hydrogens (tertiary/aromatic N) is 3. The molecule has 0 spiro atoms. The number of hydrogen-bond donors (Lipinski definition) is 1. The van der Waals surface area contributed by atoms with Gasteiger partial charge in [-0.2, -0.15) is 0 Å². The molecule has 1 atom stereocenters. The molecule has 3 rings (SSSR count). The molecule has 0 aromatic carbocycles. The average Bonchev–Trinajstić information content (AvgIpc) is 3.10. The van der Waals surface area contributed by atoms with Crippen LogP contribution in [0.15, 0.2) is 10.6 Å². The van der Waals surface area contributed by atoms with Crippen molar-refractivity contribution in [1.82, 2.24) is 20.3 Å². The second-order valence-electron chi connectivity index (χ2n) is 6.57. The van der Waals surface area contributed by atoms with Crippen molar-refractivity contribution in [3.05, 3.63) is 17.5 Å². The van der Waals surface area contributed by atoms with Gasteiger partial charge in [-0.05, 0) is 40.2 Å². The molecule has 0 saturated carbocycles. The molecule has 22 heavy (non-hydrogen) atoms. The molecule has 7 heteroatoms. The SMILES string of the molecule is Cc1cc([C@H]2CCCN2CCN2C(=O)NC(C)(C)C2=O)no1. The van der Waals surface area contributed by atoms with E-state index in [0.29, 0.717) is 13.1 Å². The fourth-order valence-corrected chi connectivity index (χ4v) is 3.22. The molecule has 3 heterocycles. The number of hydrogen-bond acceptors (Lipinski definition) is 5. The Bertz CT molecular complexity index is 595. The van der Waals surface area contributed by atoms with Crippen molar-refractivity contribution >= 4 is 11.9 Å². The first kappa shape index (κ1) is 15.0. The molecule has 0 unspecified atom stereocenters. The number of carbonyl (C=O) groups is 2. The second kappa shape index (κ2) is 5.39. The summed E-state index contributed by atoms with van der Waals surface area (Å²) in [6.45, 7) is 7.34. The summed E-state index contributed by atoms with van der Waals surface area (Å²) in [5.41, 5.74) is 0.137. The van der Waals surface area contributed by atoms with Gasteiger partial charge in [-0.1, -0.05) is 5.16 Å². The summed E-state index contributed by atoms with van der Waals surface area (Å²) < 4.78 is 5.16. The summed E-state index contributed by atoms with van der Waals surface area (Å²) in [5, 5.41) is 6.81. The summed E-state index contributed by atoms with van der Waals surface area (Å²) in [5.74, 6) is 0.642. The van der Waals surface area contributed by atoms with Crippen LogP contribution >= 0.6 is 0 Å². The molecular formula is C15H22N4O3. The van der Waals surface area contributed by atoms with Gasteiger partial charge in [0.1, 0.15) is 17.0 Å². The molecule has 0 aliphatic carbocycles. The van der Waals surface area contributed by atoms with Gasteiger partial charge in [0.25, 0.3) is 5.91 Å². The van der Waals surface area contributed by atoms with Gasteiger partial charge in [0.15, 0.2) is 0 Å². The van der Waals surface area contributed by atoms with Crippen LogP contribution in [0, 0.1) is 6.92 Å². The summed E-state index contributed by atoms with van der Waals surface area (Å²) in [7, 11) is 0. The van der Waals surface area contributed by atoms with Crippen molar-refractivity contribution in [3.63, 3.8) is 0 Å². The summed E-state index contributed by atoms with van der Waals surface area (Å²) in [6.07, 6.45) is 2.11. The van der Waals surface area contributed by atoms with Gasteiger partial charge in [-0.15, -0.1) is 0 Å². The van der Waals surface area contributed by atoms with E-state index < -0.39 is 5.54 Å². The monoisotopic (exact) mass is 306 g/mol. The van der Waals surface area contributed by atoms with Crippen LogP contribution in [-0.4, -0.2) is 52.1 Å². The Kier molecular flexibility index (Phi) is 3.68. The number of aryl methyl sites for hydroxylation is 1. The lowest BCUT2D eigenvalue weighted by Crippen LogP contribution is -2.41. The van der Waals surface area contributed by atoms with Gasteiger partial charge >= 0.3 is 6.03 Å². The van der Waals surface area contributed by atoms with E-state index in [1.807, 2.05) is 13.0 Å². The van der Waals surface area contributed by atoms with Crippen LogP contribution in [0.1, 0.15) is 44.2 Å². The first-order chi connectivity index (χ1) is 10.4. The highest BCUT2D eigenvalue weighted by Gasteiger charge is 2.44. The third-order valence-corrected chi connectivity index (χ3v) is 4.41. The molecule has 3 amide bonds. The number of urea groups is 1. The highest BCUT2D eigenvalue weighted by Crippen LogP contribution is 2.31. The van der Waals surface area contributed by atoms with E-state index in [9.17, 15) is 9.59 Å². The molecule has 1 N–H and O–H groups in total. The van der Waals surface area contributed by atoms with Crippen LogP contribution in [0.3, 0.4) is 0 Å². The Morgan fingerprint density at radius 3 is 2.77 bits per heavy atom. The van der Waals surface area contributed by atoms with E-state index in [2.05, 4.69) is 15.4 Å². The summed E-state index contributed by atoms with van der Waals surface area (Å²) in [6, 6.07) is 1.87. The van der Waals surface area contributed by atoms with Gasteiger partial charge in [-0.25, -0.2) is 4.79 Å². The van der Waals surface area contributed by atoms with Gasteiger partial charge in [0, 0.05) is 19.2 Å². The Balaban J connectivity index is 1.64. The van der Waals surface area contributed by atoms with Gasteiger partial charge in [-0.3, -0.25) is 14.6 Å². The maximum absolute atomic E-state index is 12.2. The molecule has 120 valence electrons. The minimum absolute atomic E-state index is 0.162. The first-order valence-electron chi connectivity index (χ1n) is 7.70. The van der Waals surface area contributed by atoms with E-state index in [-0.39, 0.29) is 18.0 Å². The maximum atomic E-state index is 12.2. The van der Waals surface area contributed by atoms with Crippen LogP contribution in [0.2, 0.25) is 0 Å². The fourth-order valence-electron chi connectivity index (χ4n) is 3.22. The molecule has 1 aromatic rings. The maximum Gasteiger partial charge on any atom is 0.325 e. The molecule has 7 nitrogen and oxygen atoms in total. The quantitative estimate of drug-likeness (QED) is 0.852. The predicted molar refractivity (Wildman–Crippen MR) is 79.1 cm³/mol. The van der Waals surface area contributed by atoms with Crippen LogP contribution in [0.25, 0.3) is 0 Å². The van der Waals surface area contributed by atoms with E-state index in [0.717, 1.165) is 30.8 Å². The number of nitrogens with one attached hydrogen (secondary N) is 1. The highest BCUT2D eigenvalue weighted by atomic mass is 16.5. The zero-order valence-corrected chi connectivity index (χ0v) is 13.3. The van der Waals surface area contributed by atoms with Crippen LogP contribution in [0.5, 0.6) is 0 Å². The minimum atomic E-state index is -0.801. The lowest BCUT2D eigenvalue weighted by Gasteiger charge is -2.24. The largest absolute Gasteiger partial charge is 0.361 e. The fraction of sp³-hybridized carbons (Fsp3) is 0.667. The molecule has 2 saturated heterocycles. The Hall–Kier alpha value is -1.89. The van der Waals surface area contributed by atoms with E-state index in [1.54, 1.807) is 13.8 Å².